The van der Waals surface area contributed by atoms with Crippen molar-refractivity contribution in [1.29, 1.82) is 0 Å². The predicted molar refractivity (Wildman–Crippen MR) is 77.3 cm³/mol. The molecule has 0 saturated carbocycles. The molecule has 0 bridgehead atoms. The molecule has 5 nitrogen and oxygen atoms in total. The van der Waals surface area contributed by atoms with E-state index in [0.717, 1.165) is 6.42 Å². The molecular formula is C15H20N4O. The Morgan fingerprint density at radius 2 is 2.15 bits per heavy atom. The van der Waals surface area contributed by atoms with E-state index in [0.29, 0.717) is 24.3 Å². The third-order valence-corrected chi connectivity index (χ3v) is 3.70. The van der Waals surface area contributed by atoms with Crippen LogP contribution in [0.2, 0.25) is 0 Å². The molecule has 2 aromatic rings. The van der Waals surface area contributed by atoms with Gasteiger partial charge in [0.15, 0.2) is 5.82 Å². The van der Waals surface area contributed by atoms with Crippen molar-refractivity contribution in [2.45, 2.75) is 45.3 Å². The zero-order chi connectivity index (χ0) is 14.3. The Morgan fingerprint density at radius 3 is 2.85 bits per heavy atom. The van der Waals surface area contributed by atoms with Crippen LogP contribution in [-0.4, -0.2) is 16.2 Å². The Hall–Kier alpha value is -1.88. The zero-order valence-electron chi connectivity index (χ0n) is 12.1. The Bertz CT molecular complexity index is 614. The fraction of sp³-hybridized carbons (Fsp3) is 0.467. The monoisotopic (exact) mass is 272 g/mol. The Labute approximate surface area is 118 Å². The molecule has 0 aliphatic carbocycles. The summed E-state index contributed by atoms with van der Waals surface area (Å²) in [6.07, 6.45) is 1.06. The van der Waals surface area contributed by atoms with Gasteiger partial charge < -0.3 is 15.2 Å². The molecule has 1 aromatic carbocycles. The second kappa shape index (κ2) is 4.59. The van der Waals surface area contributed by atoms with E-state index >= 15 is 0 Å². The standard InChI is InChI=1S/C15H20N4O/c1-10-8-11-6-4-5-7-12(11)19(10)9-13-17-14(18-20-13)15(2,3)16/h4-7,10H,8-9,16H2,1-3H3. The van der Waals surface area contributed by atoms with E-state index in [4.69, 9.17) is 10.3 Å². The second-order valence-electron chi connectivity index (χ2n) is 6.04. The third kappa shape index (κ3) is 2.29. The minimum Gasteiger partial charge on any atom is -0.359 e. The molecule has 2 heterocycles. The number of nitrogens with two attached hydrogens (primary N) is 1. The smallest absolute Gasteiger partial charge is 0.246 e. The van der Waals surface area contributed by atoms with Crippen LogP contribution in [0.4, 0.5) is 5.69 Å². The maximum absolute atomic E-state index is 5.98. The van der Waals surface area contributed by atoms with E-state index in [-0.39, 0.29) is 0 Å². The van der Waals surface area contributed by atoms with Crippen molar-refractivity contribution in [1.82, 2.24) is 10.1 Å². The molecule has 1 aliphatic heterocycles. The highest BCUT2D eigenvalue weighted by Crippen LogP contribution is 2.32. The van der Waals surface area contributed by atoms with Crippen molar-refractivity contribution >= 4 is 5.69 Å². The number of benzene rings is 1. The van der Waals surface area contributed by atoms with E-state index in [1.54, 1.807) is 0 Å². The summed E-state index contributed by atoms with van der Waals surface area (Å²) >= 11 is 0. The maximum Gasteiger partial charge on any atom is 0.246 e. The fourth-order valence-electron chi connectivity index (χ4n) is 2.60. The van der Waals surface area contributed by atoms with Crippen LogP contribution >= 0.6 is 0 Å². The van der Waals surface area contributed by atoms with Crippen LogP contribution in [0.25, 0.3) is 0 Å². The normalized spacial score (nSPS) is 18.4. The lowest BCUT2D eigenvalue weighted by atomic mass is 10.1. The van der Waals surface area contributed by atoms with Gasteiger partial charge in [-0.1, -0.05) is 23.4 Å². The number of para-hydroxylation sites is 1. The van der Waals surface area contributed by atoms with Gasteiger partial charge in [0, 0.05) is 11.7 Å². The zero-order valence-corrected chi connectivity index (χ0v) is 12.1. The van der Waals surface area contributed by atoms with Gasteiger partial charge in [-0.2, -0.15) is 4.98 Å². The van der Waals surface area contributed by atoms with Crippen molar-refractivity contribution in [3.05, 3.63) is 41.5 Å². The van der Waals surface area contributed by atoms with Crippen molar-refractivity contribution in [3.8, 4) is 0 Å². The van der Waals surface area contributed by atoms with E-state index in [1.165, 1.54) is 11.3 Å². The first-order chi connectivity index (χ1) is 9.45. The van der Waals surface area contributed by atoms with E-state index in [2.05, 4.69) is 46.2 Å². The Kier molecular flexibility index (Phi) is 3.01. The molecule has 0 spiro atoms. The quantitative estimate of drug-likeness (QED) is 0.927. The number of aromatic nitrogens is 2. The second-order valence-corrected chi connectivity index (χ2v) is 6.04. The van der Waals surface area contributed by atoms with Crippen LogP contribution in [0, 0.1) is 0 Å². The Balaban J connectivity index is 1.83. The molecule has 0 fully saturated rings. The van der Waals surface area contributed by atoms with Crippen LogP contribution in [-0.2, 0) is 18.5 Å². The number of rotatable bonds is 3. The molecule has 0 saturated heterocycles. The van der Waals surface area contributed by atoms with Crippen LogP contribution in [0.15, 0.2) is 28.8 Å². The molecule has 20 heavy (non-hydrogen) atoms. The van der Waals surface area contributed by atoms with Gasteiger partial charge in [-0.3, -0.25) is 0 Å². The third-order valence-electron chi connectivity index (χ3n) is 3.70. The molecule has 1 atom stereocenters. The van der Waals surface area contributed by atoms with E-state index < -0.39 is 5.54 Å². The van der Waals surface area contributed by atoms with E-state index in [9.17, 15) is 0 Å². The summed E-state index contributed by atoms with van der Waals surface area (Å²) in [6.45, 7) is 6.58. The summed E-state index contributed by atoms with van der Waals surface area (Å²) in [6, 6.07) is 8.90. The van der Waals surface area contributed by atoms with E-state index in [1.807, 2.05) is 13.8 Å². The lowest BCUT2D eigenvalue weighted by molar-refractivity contribution is 0.357. The molecule has 2 N–H and O–H groups in total. The molecule has 5 heteroatoms. The average Bonchev–Trinajstić information content (AvgIpc) is 2.95. The number of nitrogens with zero attached hydrogens (tertiary/aromatic N) is 3. The molecule has 0 amide bonds. The molecule has 1 aromatic heterocycles. The molecular weight excluding hydrogens is 252 g/mol. The predicted octanol–water partition coefficient (Wildman–Crippen LogP) is 2.21. The van der Waals surface area contributed by atoms with Gasteiger partial charge in [-0.05, 0) is 38.8 Å². The van der Waals surface area contributed by atoms with Crippen molar-refractivity contribution in [2.24, 2.45) is 5.73 Å². The first-order valence-corrected chi connectivity index (χ1v) is 6.91. The highest BCUT2D eigenvalue weighted by Gasteiger charge is 2.28. The summed E-state index contributed by atoms with van der Waals surface area (Å²) in [7, 11) is 0. The van der Waals surface area contributed by atoms with Crippen LogP contribution in [0.5, 0.6) is 0 Å². The van der Waals surface area contributed by atoms with Crippen molar-refractivity contribution in [2.75, 3.05) is 4.90 Å². The maximum atomic E-state index is 5.98. The van der Waals surface area contributed by atoms with Gasteiger partial charge in [-0.15, -0.1) is 0 Å². The average molecular weight is 272 g/mol. The van der Waals surface area contributed by atoms with Gasteiger partial charge in [0.25, 0.3) is 0 Å². The molecule has 3 rings (SSSR count). The number of hydrogen-bond donors (Lipinski definition) is 1. The largest absolute Gasteiger partial charge is 0.359 e. The molecule has 0 radical (unpaired) electrons. The summed E-state index contributed by atoms with van der Waals surface area (Å²) in [5.41, 5.74) is 8.04. The molecule has 106 valence electrons. The van der Waals surface area contributed by atoms with Gasteiger partial charge in [0.2, 0.25) is 5.89 Å². The van der Waals surface area contributed by atoms with Crippen molar-refractivity contribution in [3.63, 3.8) is 0 Å². The Morgan fingerprint density at radius 1 is 1.40 bits per heavy atom. The molecule has 1 aliphatic rings. The van der Waals surface area contributed by atoms with Crippen molar-refractivity contribution < 1.29 is 4.52 Å². The lowest BCUT2D eigenvalue weighted by Crippen LogP contribution is -2.31. The molecule has 1 unspecified atom stereocenters. The first kappa shape index (κ1) is 13.1. The highest BCUT2D eigenvalue weighted by molar-refractivity contribution is 5.59. The van der Waals surface area contributed by atoms with Gasteiger partial charge in [0.1, 0.15) is 0 Å². The van der Waals surface area contributed by atoms with Gasteiger partial charge in [-0.25, -0.2) is 0 Å². The summed E-state index contributed by atoms with van der Waals surface area (Å²) < 4.78 is 5.33. The fourth-order valence-corrected chi connectivity index (χ4v) is 2.60. The lowest BCUT2D eigenvalue weighted by Gasteiger charge is -2.22. The summed E-state index contributed by atoms with van der Waals surface area (Å²) in [5, 5.41) is 3.97. The topological polar surface area (TPSA) is 68.2 Å². The van der Waals surface area contributed by atoms with Gasteiger partial charge in [0.05, 0.1) is 12.1 Å². The SMILES string of the molecule is CC1Cc2ccccc2N1Cc1nc(C(C)(C)N)no1. The van der Waals surface area contributed by atoms with Gasteiger partial charge >= 0.3 is 0 Å². The van der Waals surface area contributed by atoms with Crippen LogP contribution < -0.4 is 10.6 Å². The highest BCUT2D eigenvalue weighted by atomic mass is 16.5. The number of fused-ring (bicyclic) bond motifs is 1. The first-order valence-electron chi connectivity index (χ1n) is 6.91. The minimum absolute atomic E-state index is 0.439. The summed E-state index contributed by atoms with van der Waals surface area (Å²) in [5.74, 6) is 1.16. The minimum atomic E-state index is -0.573. The number of anilines is 1. The van der Waals surface area contributed by atoms with Crippen LogP contribution in [0.1, 0.15) is 38.0 Å². The van der Waals surface area contributed by atoms with Crippen LogP contribution in [0.3, 0.4) is 0 Å². The number of hydrogen-bond acceptors (Lipinski definition) is 5. The summed E-state index contributed by atoms with van der Waals surface area (Å²) in [4.78, 5) is 6.71.